The van der Waals surface area contributed by atoms with Crippen LogP contribution in [-0.4, -0.2) is 49.7 Å². The molecular formula is C22H37N5O3. The fourth-order valence-corrected chi connectivity index (χ4v) is 2.82. The molecule has 168 valence electrons. The number of carbonyl (C=O) groups excluding carboxylic acids is 2. The van der Waals surface area contributed by atoms with Crippen LogP contribution in [0.2, 0.25) is 0 Å². The SMILES string of the molecule is CCC(CC)(CNC(=NC)NCc1ccc(C(=O)NC)cc1)NC(=O)OC(C)(C)C. The summed E-state index contributed by atoms with van der Waals surface area (Å²) in [5.74, 6) is 0.516. The summed E-state index contributed by atoms with van der Waals surface area (Å²) in [5, 5.41) is 12.2. The quantitative estimate of drug-likeness (QED) is 0.383. The summed E-state index contributed by atoms with van der Waals surface area (Å²) < 4.78 is 5.42. The maximum atomic E-state index is 12.3. The molecule has 0 unspecified atom stereocenters. The second-order valence-corrected chi connectivity index (χ2v) is 8.17. The van der Waals surface area contributed by atoms with Gasteiger partial charge in [0.25, 0.3) is 5.91 Å². The summed E-state index contributed by atoms with van der Waals surface area (Å²) in [6, 6.07) is 7.38. The van der Waals surface area contributed by atoms with Gasteiger partial charge in [-0.2, -0.15) is 0 Å². The molecule has 0 aliphatic rings. The highest BCUT2D eigenvalue weighted by Crippen LogP contribution is 2.16. The number of amides is 2. The fourth-order valence-electron chi connectivity index (χ4n) is 2.82. The molecule has 0 bridgehead atoms. The largest absolute Gasteiger partial charge is 0.444 e. The normalized spacial score (nSPS) is 12.2. The van der Waals surface area contributed by atoms with Crippen LogP contribution in [0.25, 0.3) is 0 Å². The van der Waals surface area contributed by atoms with E-state index in [2.05, 4.69) is 26.3 Å². The average molecular weight is 420 g/mol. The highest BCUT2D eigenvalue weighted by molar-refractivity contribution is 5.93. The van der Waals surface area contributed by atoms with Crippen molar-refractivity contribution in [2.45, 2.75) is 65.1 Å². The van der Waals surface area contributed by atoms with Gasteiger partial charge in [0.05, 0.1) is 5.54 Å². The lowest BCUT2D eigenvalue weighted by molar-refractivity contribution is 0.0448. The molecule has 8 nitrogen and oxygen atoms in total. The van der Waals surface area contributed by atoms with Gasteiger partial charge in [-0.3, -0.25) is 9.79 Å². The Balaban J connectivity index is 2.67. The summed E-state index contributed by atoms with van der Waals surface area (Å²) in [4.78, 5) is 28.2. The number of hydrogen-bond acceptors (Lipinski definition) is 4. The van der Waals surface area contributed by atoms with E-state index in [1.54, 1.807) is 26.2 Å². The Morgan fingerprint density at radius 3 is 2.10 bits per heavy atom. The molecule has 0 radical (unpaired) electrons. The minimum Gasteiger partial charge on any atom is -0.444 e. The highest BCUT2D eigenvalue weighted by atomic mass is 16.6. The van der Waals surface area contributed by atoms with Crippen LogP contribution in [0.1, 0.15) is 63.4 Å². The molecule has 0 aliphatic carbocycles. The third-order valence-corrected chi connectivity index (χ3v) is 4.84. The number of ether oxygens (including phenoxy) is 1. The van der Waals surface area contributed by atoms with Crippen LogP contribution < -0.4 is 21.3 Å². The van der Waals surface area contributed by atoms with Crippen molar-refractivity contribution >= 4 is 18.0 Å². The molecule has 1 aromatic rings. The van der Waals surface area contributed by atoms with Gasteiger partial charge in [-0.15, -0.1) is 0 Å². The number of rotatable bonds is 8. The van der Waals surface area contributed by atoms with Crippen LogP contribution >= 0.6 is 0 Å². The molecule has 0 atom stereocenters. The molecule has 8 heteroatoms. The second kappa shape index (κ2) is 11.4. The topological polar surface area (TPSA) is 104 Å². The second-order valence-electron chi connectivity index (χ2n) is 8.17. The Hall–Kier alpha value is -2.77. The van der Waals surface area contributed by atoms with Gasteiger partial charge in [0, 0.05) is 32.7 Å². The molecule has 30 heavy (non-hydrogen) atoms. The van der Waals surface area contributed by atoms with Gasteiger partial charge in [0.15, 0.2) is 5.96 Å². The van der Waals surface area contributed by atoms with E-state index in [-0.39, 0.29) is 5.91 Å². The number of hydrogen-bond donors (Lipinski definition) is 4. The van der Waals surface area contributed by atoms with E-state index in [0.29, 0.717) is 24.6 Å². The van der Waals surface area contributed by atoms with Crippen molar-refractivity contribution in [1.29, 1.82) is 0 Å². The minimum atomic E-state index is -0.546. The molecule has 0 saturated heterocycles. The predicted octanol–water partition coefficient (Wildman–Crippen LogP) is 2.79. The number of carbonyl (C=O) groups is 2. The summed E-state index contributed by atoms with van der Waals surface area (Å²) in [5.41, 5.74) is 0.646. The van der Waals surface area contributed by atoms with Crippen molar-refractivity contribution < 1.29 is 14.3 Å². The maximum absolute atomic E-state index is 12.3. The van der Waals surface area contributed by atoms with Crippen LogP contribution in [0.4, 0.5) is 4.79 Å². The van der Waals surface area contributed by atoms with Crippen LogP contribution in [0.15, 0.2) is 29.3 Å². The van der Waals surface area contributed by atoms with Gasteiger partial charge >= 0.3 is 6.09 Å². The van der Waals surface area contributed by atoms with Crippen LogP contribution in [-0.2, 0) is 11.3 Å². The highest BCUT2D eigenvalue weighted by Gasteiger charge is 2.30. The molecule has 0 aromatic heterocycles. The molecular weight excluding hydrogens is 382 g/mol. The first-order valence-corrected chi connectivity index (χ1v) is 10.3. The number of guanidine groups is 1. The molecule has 0 fully saturated rings. The lowest BCUT2D eigenvalue weighted by atomic mass is 9.93. The Bertz CT molecular complexity index is 719. The van der Waals surface area contributed by atoms with Crippen LogP contribution in [0.3, 0.4) is 0 Å². The average Bonchev–Trinajstić information content (AvgIpc) is 2.71. The van der Waals surface area contributed by atoms with Gasteiger partial charge in [-0.1, -0.05) is 26.0 Å². The smallest absolute Gasteiger partial charge is 0.408 e. The van der Waals surface area contributed by atoms with Gasteiger partial charge in [0.1, 0.15) is 5.60 Å². The van der Waals surface area contributed by atoms with Gasteiger partial charge in [-0.05, 0) is 51.3 Å². The number of nitrogens with zero attached hydrogens (tertiary/aromatic N) is 1. The van der Waals surface area contributed by atoms with E-state index in [9.17, 15) is 9.59 Å². The van der Waals surface area contributed by atoms with Crippen LogP contribution in [0.5, 0.6) is 0 Å². The lowest BCUT2D eigenvalue weighted by Gasteiger charge is -2.34. The summed E-state index contributed by atoms with van der Waals surface area (Å²) in [6.45, 7) is 10.7. The van der Waals surface area contributed by atoms with Gasteiger partial charge < -0.3 is 26.0 Å². The molecule has 4 N–H and O–H groups in total. The monoisotopic (exact) mass is 419 g/mol. The van der Waals surface area contributed by atoms with E-state index < -0.39 is 17.2 Å². The van der Waals surface area contributed by atoms with E-state index >= 15 is 0 Å². The van der Waals surface area contributed by atoms with E-state index in [4.69, 9.17) is 4.74 Å². The Morgan fingerprint density at radius 2 is 1.63 bits per heavy atom. The standard InChI is InChI=1S/C22H37N5O3/c1-8-22(9-2,27-20(29)30-21(3,4)5)15-26-19(24-7)25-14-16-10-12-17(13-11-16)18(28)23-6/h10-13H,8-9,14-15H2,1-7H3,(H,23,28)(H,27,29)(H2,24,25,26). The predicted molar refractivity (Wildman–Crippen MR) is 121 cm³/mol. The minimum absolute atomic E-state index is 0.111. The van der Waals surface area contributed by atoms with Crippen molar-refractivity contribution in [1.82, 2.24) is 21.3 Å². The van der Waals surface area contributed by atoms with Gasteiger partial charge in [0.2, 0.25) is 0 Å². The summed E-state index contributed by atoms with van der Waals surface area (Å²) in [7, 11) is 3.31. The lowest BCUT2D eigenvalue weighted by Crippen LogP contribution is -2.57. The zero-order chi connectivity index (χ0) is 22.8. The van der Waals surface area contributed by atoms with E-state index in [0.717, 1.165) is 18.4 Å². The Labute approximate surface area is 180 Å². The van der Waals surface area contributed by atoms with Crippen molar-refractivity contribution in [3.05, 3.63) is 35.4 Å². The molecule has 0 saturated carbocycles. The number of benzene rings is 1. The zero-order valence-corrected chi connectivity index (χ0v) is 19.3. The molecule has 0 heterocycles. The zero-order valence-electron chi connectivity index (χ0n) is 19.3. The van der Waals surface area contributed by atoms with Crippen molar-refractivity contribution in [3.63, 3.8) is 0 Å². The molecule has 0 aliphatic heterocycles. The first kappa shape index (κ1) is 25.3. The fraction of sp³-hybridized carbons (Fsp3) is 0.591. The Kier molecular flexibility index (Phi) is 9.62. The van der Waals surface area contributed by atoms with E-state index in [1.165, 1.54) is 0 Å². The first-order chi connectivity index (χ1) is 14.1. The third-order valence-electron chi connectivity index (χ3n) is 4.84. The third kappa shape index (κ3) is 8.31. The van der Waals surface area contributed by atoms with Crippen molar-refractivity contribution in [2.75, 3.05) is 20.6 Å². The summed E-state index contributed by atoms with van der Waals surface area (Å²) >= 11 is 0. The van der Waals surface area contributed by atoms with E-state index in [1.807, 2.05) is 46.8 Å². The number of aliphatic imine (C=N–C) groups is 1. The molecule has 1 rings (SSSR count). The Morgan fingerprint density at radius 1 is 1.03 bits per heavy atom. The number of nitrogens with one attached hydrogen (secondary N) is 4. The number of alkyl carbamates (subject to hydrolysis) is 1. The van der Waals surface area contributed by atoms with Crippen LogP contribution in [0, 0.1) is 0 Å². The van der Waals surface area contributed by atoms with Crippen molar-refractivity contribution in [2.24, 2.45) is 4.99 Å². The molecule has 1 aromatic carbocycles. The first-order valence-electron chi connectivity index (χ1n) is 10.3. The molecule has 0 spiro atoms. The summed E-state index contributed by atoms with van der Waals surface area (Å²) in [6.07, 6.45) is 1.06. The van der Waals surface area contributed by atoms with Crippen molar-refractivity contribution in [3.8, 4) is 0 Å². The molecule has 2 amide bonds. The van der Waals surface area contributed by atoms with Gasteiger partial charge in [-0.25, -0.2) is 4.79 Å². The maximum Gasteiger partial charge on any atom is 0.408 e.